The van der Waals surface area contributed by atoms with Crippen molar-refractivity contribution in [3.05, 3.63) is 63.7 Å². The van der Waals surface area contributed by atoms with Gasteiger partial charge in [-0.05, 0) is 69.2 Å². The van der Waals surface area contributed by atoms with Crippen LogP contribution in [-0.2, 0) is 28.4 Å². The number of alkyl halides is 6. The fourth-order valence-corrected chi connectivity index (χ4v) is 4.54. The molecule has 0 aliphatic carbocycles. The fourth-order valence-electron chi connectivity index (χ4n) is 4.36. The molecule has 6 nitrogen and oxygen atoms in total. The second kappa shape index (κ2) is 10.9. The Kier molecular flexibility index (Phi) is 8.45. The molecule has 2 aromatic carbocycles. The van der Waals surface area contributed by atoms with Gasteiger partial charge in [0.2, 0.25) is 0 Å². The summed E-state index contributed by atoms with van der Waals surface area (Å²) in [5, 5.41) is 0.240. The third-order valence-electron chi connectivity index (χ3n) is 5.93. The fraction of sp³-hybridized carbons (Fsp3) is 0.440. The number of hydrogen-bond acceptors (Lipinski definition) is 4. The second-order valence-electron chi connectivity index (χ2n) is 9.12. The lowest BCUT2D eigenvalue weighted by molar-refractivity contribution is -0.143. The number of carbonyl (C=O) groups is 2. The maximum atomic E-state index is 13.4. The third-order valence-corrected chi connectivity index (χ3v) is 6.17. The first kappa shape index (κ1) is 29.4. The van der Waals surface area contributed by atoms with Crippen LogP contribution < -0.4 is 4.90 Å². The van der Waals surface area contributed by atoms with Gasteiger partial charge in [0.05, 0.1) is 36.1 Å². The molecule has 1 aliphatic rings. The number of halogens is 7. The van der Waals surface area contributed by atoms with E-state index in [0.29, 0.717) is 23.4 Å². The van der Waals surface area contributed by atoms with Crippen molar-refractivity contribution in [2.24, 2.45) is 0 Å². The standard InChI is InChI=1S/C25H25ClF6N2O4/c1-13(2)38-23(36)34-14(3)7-21(19-11-18(26)5-6-20(19)34)33(22(35)37-4)12-15-8-16(24(27,28)29)10-17(9-15)25(30,31)32/h5-6,8-11,13-14,21H,7,12H2,1-4H3/t14-,21+/m0/s1. The molecule has 0 bridgehead atoms. The van der Waals surface area contributed by atoms with E-state index in [1.165, 1.54) is 23.1 Å². The number of methoxy groups -OCH3 is 1. The molecule has 208 valence electrons. The first-order valence-corrected chi connectivity index (χ1v) is 11.8. The molecule has 38 heavy (non-hydrogen) atoms. The highest BCUT2D eigenvalue weighted by Crippen LogP contribution is 2.43. The number of benzene rings is 2. The van der Waals surface area contributed by atoms with Crippen LogP contribution in [0, 0.1) is 0 Å². The molecular weight excluding hydrogens is 542 g/mol. The molecule has 0 saturated carbocycles. The molecule has 0 fully saturated rings. The first-order chi connectivity index (χ1) is 17.5. The summed E-state index contributed by atoms with van der Waals surface area (Å²) >= 11 is 6.19. The Labute approximate surface area is 220 Å². The van der Waals surface area contributed by atoms with Gasteiger partial charge in [0.25, 0.3) is 0 Å². The third kappa shape index (κ3) is 6.46. The van der Waals surface area contributed by atoms with Crippen molar-refractivity contribution >= 4 is 29.5 Å². The Morgan fingerprint density at radius 1 is 1.05 bits per heavy atom. The summed E-state index contributed by atoms with van der Waals surface area (Å²) in [5.74, 6) is 0. The van der Waals surface area contributed by atoms with E-state index in [2.05, 4.69) is 0 Å². The van der Waals surface area contributed by atoms with E-state index in [0.717, 1.165) is 12.0 Å². The van der Waals surface area contributed by atoms with Gasteiger partial charge < -0.3 is 9.47 Å². The number of carbonyl (C=O) groups excluding carboxylic acids is 2. The van der Waals surface area contributed by atoms with Gasteiger partial charge in [-0.15, -0.1) is 0 Å². The van der Waals surface area contributed by atoms with Crippen molar-refractivity contribution < 1.29 is 45.4 Å². The summed E-state index contributed by atoms with van der Waals surface area (Å²) in [6, 6.07) is 4.18. The Hall–Kier alpha value is -3.15. The molecule has 0 unspecified atom stereocenters. The molecule has 2 aromatic rings. The predicted molar refractivity (Wildman–Crippen MR) is 127 cm³/mol. The van der Waals surface area contributed by atoms with E-state index in [1.807, 2.05) is 0 Å². The van der Waals surface area contributed by atoms with E-state index in [9.17, 15) is 35.9 Å². The number of rotatable bonds is 4. The topological polar surface area (TPSA) is 59.1 Å². The average Bonchev–Trinajstić information content (AvgIpc) is 2.80. The summed E-state index contributed by atoms with van der Waals surface area (Å²) in [6.45, 7) is 4.37. The van der Waals surface area contributed by atoms with Crippen LogP contribution in [0.2, 0.25) is 5.02 Å². The van der Waals surface area contributed by atoms with Crippen LogP contribution >= 0.6 is 11.6 Å². The van der Waals surface area contributed by atoms with Crippen LogP contribution in [0.5, 0.6) is 0 Å². The van der Waals surface area contributed by atoms with Crippen LogP contribution in [-0.4, -0.2) is 36.3 Å². The van der Waals surface area contributed by atoms with Gasteiger partial charge in [-0.3, -0.25) is 9.80 Å². The maximum absolute atomic E-state index is 13.4. The SMILES string of the molecule is COC(=O)N(Cc1cc(C(F)(F)F)cc(C(F)(F)F)c1)[C@@H]1C[C@H](C)N(C(=O)OC(C)C)c2ccc(Cl)cc21. The molecule has 1 heterocycles. The molecule has 0 saturated heterocycles. The summed E-state index contributed by atoms with van der Waals surface area (Å²) in [6.07, 6.45) is -12.1. The molecule has 0 N–H and O–H groups in total. The van der Waals surface area contributed by atoms with E-state index < -0.39 is 66.0 Å². The van der Waals surface area contributed by atoms with Gasteiger partial charge >= 0.3 is 24.5 Å². The maximum Gasteiger partial charge on any atom is 0.416 e. The largest absolute Gasteiger partial charge is 0.453 e. The Morgan fingerprint density at radius 3 is 2.13 bits per heavy atom. The van der Waals surface area contributed by atoms with Crippen LogP contribution in [0.25, 0.3) is 0 Å². The molecule has 3 rings (SSSR count). The number of amides is 2. The average molecular weight is 567 g/mol. The summed E-state index contributed by atoms with van der Waals surface area (Å²) < 4.78 is 90.7. The van der Waals surface area contributed by atoms with Gasteiger partial charge in [-0.25, -0.2) is 9.59 Å². The van der Waals surface area contributed by atoms with Gasteiger partial charge in [0, 0.05) is 23.2 Å². The molecule has 0 aromatic heterocycles. The van der Waals surface area contributed by atoms with Crippen LogP contribution in [0.1, 0.15) is 55.5 Å². The summed E-state index contributed by atoms with van der Waals surface area (Å²) in [5.41, 5.74) is -2.73. The number of anilines is 1. The molecule has 13 heteroatoms. The quantitative estimate of drug-likeness (QED) is 0.354. The lowest BCUT2D eigenvalue weighted by Crippen LogP contribution is -2.48. The van der Waals surface area contributed by atoms with Gasteiger partial charge in [0.15, 0.2) is 0 Å². The molecule has 2 amide bonds. The van der Waals surface area contributed by atoms with E-state index in [1.54, 1.807) is 20.8 Å². The highest BCUT2D eigenvalue weighted by atomic mass is 35.5. The Bertz CT molecular complexity index is 1170. The summed E-state index contributed by atoms with van der Waals surface area (Å²) in [4.78, 5) is 28.1. The van der Waals surface area contributed by atoms with Crippen molar-refractivity contribution in [3.8, 4) is 0 Å². The van der Waals surface area contributed by atoms with Gasteiger partial charge in [-0.1, -0.05) is 11.6 Å². The number of fused-ring (bicyclic) bond motifs is 1. The van der Waals surface area contributed by atoms with Crippen LogP contribution in [0.4, 0.5) is 41.6 Å². The molecular formula is C25H25ClF6N2O4. The zero-order chi connectivity index (χ0) is 28.6. The lowest BCUT2D eigenvalue weighted by atomic mass is 9.90. The Morgan fingerprint density at radius 2 is 1.63 bits per heavy atom. The summed E-state index contributed by atoms with van der Waals surface area (Å²) in [7, 11) is 1.04. The van der Waals surface area contributed by atoms with Gasteiger partial charge in [-0.2, -0.15) is 26.3 Å². The van der Waals surface area contributed by atoms with Crippen molar-refractivity contribution in [1.29, 1.82) is 0 Å². The minimum absolute atomic E-state index is 0.0158. The zero-order valence-electron chi connectivity index (χ0n) is 20.8. The Balaban J connectivity index is 2.12. The normalized spacial score (nSPS) is 17.7. The zero-order valence-corrected chi connectivity index (χ0v) is 21.5. The van der Waals surface area contributed by atoms with E-state index in [4.69, 9.17) is 21.1 Å². The van der Waals surface area contributed by atoms with Crippen molar-refractivity contribution in [1.82, 2.24) is 4.90 Å². The number of nitrogens with zero attached hydrogens (tertiary/aromatic N) is 2. The minimum Gasteiger partial charge on any atom is -0.453 e. The molecule has 0 radical (unpaired) electrons. The highest BCUT2D eigenvalue weighted by molar-refractivity contribution is 6.30. The van der Waals surface area contributed by atoms with Crippen molar-refractivity contribution in [3.63, 3.8) is 0 Å². The molecule has 2 atom stereocenters. The second-order valence-corrected chi connectivity index (χ2v) is 9.55. The lowest BCUT2D eigenvalue weighted by Gasteiger charge is -2.42. The highest BCUT2D eigenvalue weighted by Gasteiger charge is 2.41. The smallest absolute Gasteiger partial charge is 0.416 e. The molecule has 1 aliphatic heterocycles. The van der Waals surface area contributed by atoms with Crippen LogP contribution in [0.15, 0.2) is 36.4 Å². The van der Waals surface area contributed by atoms with Crippen LogP contribution in [0.3, 0.4) is 0 Å². The number of hydrogen-bond donors (Lipinski definition) is 0. The number of ether oxygens (including phenoxy) is 2. The van der Waals surface area contributed by atoms with Crippen molar-refractivity contribution in [2.45, 2.75) is 64.3 Å². The van der Waals surface area contributed by atoms with Crippen molar-refractivity contribution in [2.75, 3.05) is 12.0 Å². The van der Waals surface area contributed by atoms with E-state index >= 15 is 0 Å². The molecule has 0 spiro atoms. The first-order valence-electron chi connectivity index (χ1n) is 11.4. The van der Waals surface area contributed by atoms with Gasteiger partial charge in [0.1, 0.15) is 0 Å². The minimum atomic E-state index is -5.05. The predicted octanol–water partition coefficient (Wildman–Crippen LogP) is 7.83. The van der Waals surface area contributed by atoms with E-state index in [-0.39, 0.29) is 17.5 Å². The monoisotopic (exact) mass is 566 g/mol.